The molecule has 1 heterocycles. The average Bonchev–Trinajstić information content (AvgIpc) is 2.96. The second kappa shape index (κ2) is 7.60. The van der Waals surface area contributed by atoms with E-state index in [0.29, 0.717) is 16.5 Å². The lowest BCUT2D eigenvalue weighted by atomic mass is 9.89. The molecule has 136 valence electrons. The zero-order valence-electron chi connectivity index (χ0n) is 14.5. The van der Waals surface area contributed by atoms with Crippen molar-refractivity contribution in [1.29, 1.82) is 5.26 Å². The number of hydrogen-bond acceptors (Lipinski definition) is 5. The van der Waals surface area contributed by atoms with Gasteiger partial charge in [0, 0.05) is 11.3 Å². The van der Waals surface area contributed by atoms with E-state index in [1.807, 2.05) is 0 Å². The van der Waals surface area contributed by atoms with Gasteiger partial charge >= 0.3 is 0 Å². The Labute approximate surface area is 157 Å². The predicted molar refractivity (Wildman–Crippen MR) is 102 cm³/mol. The number of rotatable bonds is 5. The summed E-state index contributed by atoms with van der Waals surface area (Å²) in [6.07, 6.45) is 2.68. The van der Waals surface area contributed by atoms with Crippen LogP contribution in [0.1, 0.15) is 35.8 Å². The molecule has 0 unspecified atom stereocenters. The standard InChI is InChI=1S/C19H20N2O3S2/c1-13-7-8-15-16(12-20)19(25-17(15)11-13)21-18(22)9-10-26(23,24)14-5-3-2-4-6-14/h2-6,13H,7-11H2,1H3,(H,21,22)/t13-/m1/s1. The number of thiophene rings is 1. The molecule has 1 aromatic heterocycles. The molecule has 1 amide bonds. The maximum absolute atomic E-state index is 12.3. The minimum atomic E-state index is -3.50. The van der Waals surface area contributed by atoms with E-state index in [9.17, 15) is 18.5 Å². The molecule has 1 N–H and O–H groups in total. The minimum absolute atomic E-state index is 0.138. The Bertz CT molecular complexity index is 957. The van der Waals surface area contributed by atoms with E-state index in [2.05, 4.69) is 18.3 Å². The summed E-state index contributed by atoms with van der Waals surface area (Å²) in [7, 11) is -3.50. The van der Waals surface area contributed by atoms with Crippen LogP contribution in [-0.2, 0) is 27.5 Å². The smallest absolute Gasteiger partial charge is 0.226 e. The number of nitrogens with zero attached hydrogens (tertiary/aromatic N) is 1. The fourth-order valence-electron chi connectivity index (χ4n) is 3.12. The van der Waals surface area contributed by atoms with Crippen molar-refractivity contribution in [2.75, 3.05) is 11.1 Å². The van der Waals surface area contributed by atoms with Gasteiger partial charge in [0.05, 0.1) is 16.2 Å². The van der Waals surface area contributed by atoms with Crippen LogP contribution >= 0.6 is 11.3 Å². The van der Waals surface area contributed by atoms with Crippen molar-refractivity contribution in [2.45, 2.75) is 37.5 Å². The van der Waals surface area contributed by atoms with E-state index in [4.69, 9.17) is 0 Å². The van der Waals surface area contributed by atoms with Crippen LogP contribution in [0.2, 0.25) is 0 Å². The lowest BCUT2D eigenvalue weighted by molar-refractivity contribution is -0.115. The lowest BCUT2D eigenvalue weighted by Crippen LogP contribution is -2.17. The Morgan fingerprint density at radius 3 is 2.77 bits per heavy atom. The number of fused-ring (bicyclic) bond motifs is 1. The van der Waals surface area contributed by atoms with Gasteiger partial charge in [-0.1, -0.05) is 25.1 Å². The molecule has 1 aliphatic rings. The van der Waals surface area contributed by atoms with Gasteiger partial charge in [-0.25, -0.2) is 8.42 Å². The van der Waals surface area contributed by atoms with Crippen molar-refractivity contribution < 1.29 is 13.2 Å². The number of hydrogen-bond donors (Lipinski definition) is 1. The molecule has 1 aromatic carbocycles. The van der Waals surface area contributed by atoms with Crippen LogP contribution in [0.5, 0.6) is 0 Å². The molecule has 0 saturated carbocycles. The monoisotopic (exact) mass is 388 g/mol. The van der Waals surface area contributed by atoms with E-state index < -0.39 is 9.84 Å². The molecule has 3 rings (SSSR count). The van der Waals surface area contributed by atoms with Crippen LogP contribution in [0.25, 0.3) is 0 Å². The molecule has 0 bridgehead atoms. The lowest BCUT2D eigenvalue weighted by Gasteiger charge is -2.17. The van der Waals surface area contributed by atoms with Crippen molar-refractivity contribution in [1.82, 2.24) is 0 Å². The van der Waals surface area contributed by atoms with Gasteiger partial charge in [-0.3, -0.25) is 4.79 Å². The van der Waals surface area contributed by atoms with Crippen LogP contribution in [0.3, 0.4) is 0 Å². The highest BCUT2D eigenvalue weighted by Gasteiger charge is 2.25. The largest absolute Gasteiger partial charge is 0.317 e. The number of benzene rings is 1. The number of nitrogens with one attached hydrogen (secondary N) is 1. The molecule has 0 fully saturated rings. The van der Waals surface area contributed by atoms with E-state index in [-0.39, 0.29) is 23.0 Å². The van der Waals surface area contributed by atoms with Crippen molar-refractivity contribution in [3.8, 4) is 6.07 Å². The summed E-state index contributed by atoms with van der Waals surface area (Å²) in [5, 5.41) is 12.8. The van der Waals surface area contributed by atoms with Gasteiger partial charge in [-0.2, -0.15) is 5.26 Å². The molecular weight excluding hydrogens is 368 g/mol. The summed E-state index contributed by atoms with van der Waals surface area (Å²) in [5.41, 5.74) is 1.58. The highest BCUT2D eigenvalue weighted by Crippen LogP contribution is 2.39. The van der Waals surface area contributed by atoms with Crippen molar-refractivity contribution in [3.63, 3.8) is 0 Å². The molecule has 5 nitrogen and oxygen atoms in total. The number of amides is 1. The van der Waals surface area contributed by atoms with Crippen molar-refractivity contribution in [2.24, 2.45) is 5.92 Å². The van der Waals surface area contributed by atoms with Crippen LogP contribution in [0.4, 0.5) is 5.00 Å². The summed E-state index contributed by atoms with van der Waals surface area (Å²) < 4.78 is 24.6. The topological polar surface area (TPSA) is 87.0 Å². The summed E-state index contributed by atoms with van der Waals surface area (Å²) in [4.78, 5) is 13.6. The number of sulfone groups is 1. The highest BCUT2D eigenvalue weighted by molar-refractivity contribution is 7.91. The minimum Gasteiger partial charge on any atom is -0.317 e. The summed E-state index contributed by atoms with van der Waals surface area (Å²) in [6, 6.07) is 10.3. The van der Waals surface area contributed by atoms with Crippen LogP contribution in [0, 0.1) is 17.2 Å². The zero-order chi connectivity index (χ0) is 18.7. The van der Waals surface area contributed by atoms with E-state index >= 15 is 0 Å². The molecule has 26 heavy (non-hydrogen) atoms. The summed E-state index contributed by atoms with van der Waals surface area (Å²) in [6.45, 7) is 2.18. The van der Waals surface area contributed by atoms with Gasteiger partial charge in [0.25, 0.3) is 0 Å². The second-order valence-corrected chi connectivity index (χ2v) is 9.81. The van der Waals surface area contributed by atoms with Crippen molar-refractivity contribution >= 4 is 32.1 Å². The first-order valence-corrected chi connectivity index (χ1v) is 11.0. The SMILES string of the molecule is C[C@@H]1CCc2c(sc(NC(=O)CCS(=O)(=O)c3ccccc3)c2C#N)C1. The van der Waals surface area contributed by atoms with Crippen LogP contribution in [0.15, 0.2) is 35.2 Å². The van der Waals surface area contributed by atoms with Gasteiger partial charge in [0.2, 0.25) is 5.91 Å². The number of anilines is 1. The van der Waals surface area contributed by atoms with Gasteiger partial charge < -0.3 is 5.32 Å². The first-order valence-electron chi connectivity index (χ1n) is 8.53. The molecule has 1 atom stereocenters. The highest BCUT2D eigenvalue weighted by atomic mass is 32.2. The van der Waals surface area contributed by atoms with Gasteiger partial charge in [0.1, 0.15) is 11.1 Å². The molecule has 0 saturated heterocycles. The fourth-order valence-corrected chi connectivity index (χ4v) is 5.76. The maximum atomic E-state index is 12.3. The maximum Gasteiger partial charge on any atom is 0.226 e. The molecule has 0 aliphatic heterocycles. The molecular formula is C19H20N2O3S2. The molecule has 2 aromatic rings. The second-order valence-electron chi connectivity index (χ2n) is 6.60. The van der Waals surface area contributed by atoms with E-state index in [1.54, 1.807) is 18.2 Å². The molecule has 7 heteroatoms. The Hall–Kier alpha value is -2.17. The van der Waals surface area contributed by atoms with Gasteiger partial charge in [-0.15, -0.1) is 11.3 Å². The molecule has 0 radical (unpaired) electrons. The third-order valence-corrected chi connectivity index (χ3v) is 7.48. The van der Waals surface area contributed by atoms with Gasteiger partial charge in [0.15, 0.2) is 9.84 Å². The average molecular weight is 389 g/mol. The molecule has 1 aliphatic carbocycles. The number of carbonyl (C=O) groups is 1. The fraction of sp³-hybridized carbons (Fsp3) is 0.368. The normalized spacial score (nSPS) is 16.5. The molecule has 0 spiro atoms. The zero-order valence-corrected chi connectivity index (χ0v) is 16.1. The Morgan fingerprint density at radius 2 is 2.08 bits per heavy atom. The predicted octanol–water partition coefficient (Wildman–Crippen LogP) is 3.55. The number of carbonyl (C=O) groups excluding carboxylic acids is 1. The third kappa shape index (κ3) is 3.97. The summed E-state index contributed by atoms with van der Waals surface area (Å²) >= 11 is 1.44. The van der Waals surface area contributed by atoms with E-state index in [0.717, 1.165) is 29.7 Å². The third-order valence-electron chi connectivity index (χ3n) is 4.58. The summed E-state index contributed by atoms with van der Waals surface area (Å²) in [5.74, 6) is -0.0627. The Morgan fingerprint density at radius 1 is 1.35 bits per heavy atom. The number of nitriles is 1. The van der Waals surface area contributed by atoms with Crippen LogP contribution < -0.4 is 5.32 Å². The quantitative estimate of drug-likeness (QED) is 0.848. The van der Waals surface area contributed by atoms with E-state index in [1.165, 1.54) is 23.5 Å². The first-order chi connectivity index (χ1) is 12.4. The Balaban J connectivity index is 1.69. The van der Waals surface area contributed by atoms with Crippen LogP contribution in [-0.4, -0.2) is 20.1 Å². The van der Waals surface area contributed by atoms with Gasteiger partial charge in [-0.05, 0) is 42.9 Å². The first kappa shape index (κ1) is 18.6. The Kier molecular flexibility index (Phi) is 5.44. The van der Waals surface area contributed by atoms with Crippen molar-refractivity contribution in [3.05, 3.63) is 46.3 Å².